The Bertz CT molecular complexity index is 1120. The van der Waals surface area contributed by atoms with Gasteiger partial charge >= 0.3 is 0 Å². The van der Waals surface area contributed by atoms with Crippen molar-refractivity contribution in [3.8, 4) is 0 Å². The maximum atomic E-state index is 14.3. The molecule has 0 aromatic heterocycles. The lowest BCUT2D eigenvalue weighted by molar-refractivity contribution is -0.140. The summed E-state index contributed by atoms with van der Waals surface area (Å²) in [6.07, 6.45) is 1.38. The molecule has 2 amide bonds. The minimum Gasteiger partial charge on any atom is -0.355 e. The molecule has 0 aliphatic carbocycles. The van der Waals surface area contributed by atoms with Crippen LogP contribution < -0.4 is 9.62 Å². The van der Waals surface area contributed by atoms with E-state index in [-0.39, 0.29) is 37.7 Å². The summed E-state index contributed by atoms with van der Waals surface area (Å²) in [7, 11) is -3.56. The number of nitrogens with one attached hydrogen (secondary N) is 1. The van der Waals surface area contributed by atoms with Gasteiger partial charge in [0, 0.05) is 31.6 Å². The Morgan fingerprint density at radius 2 is 1.76 bits per heavy atom. The van der Waals surface area contributed by atoms with Crippen molar-refractivity contribution in [1.82, 2.24) is 10.2 Å². The molecule has 0 saturated heterocycles. The summed E-state index contributed by atoms with van der Waals surface area (Å²) in [5.74, 6) is -1.14. The van der Waals surface area contributed by atoms with Gasteiger partial charge in [-0.2, -0.15) is 0 Å². The quantitative estimate of drug-likeness (QED) is 0.521. The standard InChI is InChI=1S/C25H34FN3O4S/c1-6-27-25(31)20(4)28(17-21-10-7-8-11-23(21)26)24(30)12-9-15-29(34(5,32)33)22-14-13-18(2)19(3)16-22/h7-8,10-11,13-14,16,20H,6,9,12,15,17H2,1-5H3,(H,27,31)/t20-/m0/s1. The molecule has 0 unspecified atom stereocenters. The molecular weight excluding hydrogens is 457 g/mol. The monoisotopic (exact) mass is 491 g/mol. The van der Waals surface area contributed by atoms with Crippen molar-refractivity contribution >= 4 is 27.5 Å². The highest BCUT2D eigenvalue weighted by Gasteiger charge is 2.27. The fraction of sp³-hybridized carbons (Fsp3) is 0.440. The summed E-state index contributed by atoms with van der Waals surface area (Å²) < 4.78 is 40.4. The first-order valence-corrected chi connectivity index (χ1v) is 13.2. The zero-order valence-corrected chi connectivity index (χ0v) is 21.3. The van der Waals surface area contributed by atoms with Gasteiger partial charge in [0.1, 0.15) is 11.9 Å². The summed E-state index contributed by atoms with van der Waals surface area (Å²) in [6.45, 7) is 7.69. The average Bonchev–Trinajstić information content (AvgIpc) is 2.77. The van der Waals surface area contributed by atoms with Gasteiger partial charge in [0.25, 0.3) is 0 Å². The number of aryl methyl sites for hydroxylation is 2. The van der Waals surface area contributed by atoms with E-state index in [1.165, 1.54) is 15.3 Å². The molecule has 7 nitrogen and oxygen atoms in total. The van der Waals surface area contributed by atoms with Crippen LogP contribution in [-0.2, 0) is 26.2 Å². The van der Waals surface area contributed by atoms with Crippen molar-refractivity contribution in [1.29, 1.82) is 0 Å². The average molecular weight is 492 g/mol. The lowest BCUT2D eigenvalue weighted by atomic mass is 10.1. The van der Waals surface area contributed by atoms with E-state index in [0.717, 1.165) is 17.4 Å². The Morgan fingerprint density at radius 3 is 2.35 bits per heavy atom. The first-order valence-electron chi connectivity index (χ1n) is 11.3. The van der Waals surface area contributed by atoms with E-state index in [1.807, 2.05) is 19.9 Å². The van der Waals surface area contributed by atoms with Crippen molar-refractivity contribution in [2.45, 2.75) is 53.1 Å². The van der Waals surface area contributed by atoms with Crippen LogP contribution in [0.1, 0.15) is 43.4 Å². The second kappa shape index (κ2) is 12.0. The molecule has 0 saturated carbocycles. The molecule has 1 N–H and O–H groups in total. The summed E-state index contributed by atoms with van der Waals surface area (Å²) in [4.78, 5) is 26.9. The molecule has 34 heavy (non-hydrogen) atoms. The molecule has 2 rings (SSSR count). The van der Waals surface area contributed by atoms with Gasteiger partial charge in [-0.05, 0) is 63.4 Å². The third kappa shape index (κ3) is 7.28. The van der Waals surface area contributed by atoms with Crippen LogP contribution in [0.4, 0.5) is 10.1 Å². The van der Waals surface area contributed by atoms with E-state index in [9.17, 15) is 22.4 Å². The zero-order chi connectivity index (χ0) is 25.5. The molecule has 0 radical (unpaired) electrons. The maximum absolute atomic E-state index is 14.3. The van der Waals surface area contributed by atoms with E-state index in [0.29, 0.717) is 17.8 Å². The molecule has 2 aromatic rings. The van der Waals surface area contributed by atoms with Crippen molar-refractivity contribution in [2.75, 3.05) is 23.7 Å². The number of hydrogen-bond acceptors (Lipinski definition) is 4. The number of nitrogens with zero attached hydrogens (tertiary/aromatic N) is 2. The van der Waals surface area contributed by atoms with Crippen molar-refractivity contribution in [2.24, 2.45) is 0 Å². The lowest BCUT2D eigenvalue weighted by Gasteiger charge is -2.29. The van der Waals surface area contributed by atoms with Crippen LogP contribution in [-0.4, -0.2) is 50.5 Å². The molecule has 0 aliphatic heterocycles. The molecule has 0 fully saturated rings. The Labute approximate surface area is 202 Å². The molecule has 2 aromatic carbocycles. The minimum atomic E-state index is -3.56. The Morgan fingerprint density at radius 1 is 1.09 bits per heavy atom. The SMILES string of the molecule is CCNC(=O)[C@H](C)N(Cc1ccccc1F)C(=O)CCCN(c1ccc(C)c(C)c1)S(C)(=O)=O. The first-order chi connectivity index (χ1) is 16.0. The van der Waals surface area contributed by atoms with Gasteiger partial charge in [0.2, 0.25) is 21.8 Å². The number of anilines is 1. The molecule has 0 bridgehead atoms. The second-order valence-corrected chi connectivity index (χ2v) is 10.3. The van der Waals surface area contributed by atoms with Crippen LogP contribution in [0.25, 0.3) is 0 Å². The topological polar surface area (TPSA) is 86.8 Å². The fourth-order valence-corrected chi connectivity index (χ4v) is 4.56. The van der Waals surface area contributed by atoms with Gasteiger partial charge in [0.05, 0.1) is 11.9 Å². The van der Waals surface area contributed by atoms with Crippen molar-refractivity contribution in [3.05, 3.63) is 65.0 Å². The van der Waals surface area contributed by atoms with E-state index in [4.69, 9.17) is 0 Å². The Kier molecular flexibility index (Phi) is 9.61. The predicted molar refractivity (Wildman–Crippen MR) is 132 cm³/mol. The number of likely N-dealkylation sites (N-methyl/N-ethyl adjacent to an activating group) is 1. The summed E-state index contributed by atoms with van der Waals surface area (Å²) >= 11 is 0. The highest BCUT2D eigenvalue weighted by Crippen LogP contribution is 2.22. The fourth-order valence-electron chi connectivity index (χ4n) is 3.60. The van der Waals surface area contributed by atoms with Gasteiger partial charge in [-0.1, -0.05) is 24.3 Å². The smallest absolute Gasteiger partial charge is 0.242 e. The number of benzene rings is 2. The number of sulfonamides is 1. The Balaban J connectivity index is 2.18. The van der Waals surface area contributed by atoms with Gasteiger partial charge in [0.15, 0.2) is 0 Å². The zero-order valence-electron chi connectivity index (χ0n) is 20.5. The molecule has 0 heterocycles. The van der Waals surface area contributed by atoms with Crippen molar-refractivity contribution in [3.63, 3.8) is 0 Å². The van der Waals surface area contributed by atoms with Crippen molar-refractivity contribution < 1.29 is 22.4 Å². The van der Waals surface area contributed by atoms with Gasteiger partial charge in [-0.25, -0.2) is 12.8 Å². The molecule has 0 spiro atoms. The minimum absolute atomic E-state index is 0.00899. The largest absolute Gasteiger partial charge is 0.355 e. The third-order valence-electron chi connectivity index (χ3n) is 5.75. The van der Waals surface area contributed by atoms with Gasteiger partial charge < -0.3 is 10.2 Å². The lowest BCUT2D eigenvalue weighted by Crippen LogP contribution is -2.47. The van der Waals surface area contributed by atoms with Crippen LogP contribution in [0.5, 0.6) is 0 Å². The van der Waals surface area contributed by atoms with Crippen LogP contribution in [0.2, 0.25) is 0 Å². The number of rotatable bonds is 11. The normalized spacial score (nSPS) is 12.2. The molecule has 1 atom stereocenters. The number of carbonyl (C=O) groups is 2. The highest BCUT2D eigenvalue weighted by atomic mass is 32.2. The number of carbonyl (C=O) groups excluding carboxylic acids is 2. The van der Waals surface area contributed by atoms with E-state index < -0.39 is 21.9 Å². The predicted octanol–water partition coefficient (Wildman–Crippen LogP) is 3.54. The van der Waals surface area contributed by atoms with Crippen LogP contribution in [0.3, 0.4) is 0 Å². The summed E-state index contributed by atoms with van der Waals surface area (Å²) in [5.41, 5.74) is 2.86. The summed E-state index contributed by atoms with van der Waals surface area (Å²) in [5, 5.41) is 2.69. The van der Waals surface area contributed by atoms with E-state index in [2.05, 4.69) is 5.32 Å². The molecule has 186 valence electrons. The van der Waals surface area contributed by atoms with E-state index >= 15 is 0 Å². The highest BCUT2D eigenvalue weighted by molar-refractivity contribution is 7.92. The van der Waals surface area contributed by atoms with Gasteiger partial charge in [-0.15, -0.1) is 0 Å². The molecule has 9 heteroatoms. The van der Waals surface area contributed by atoms with Crippen LogP contribution in [0, 0.1) is 19.7 Å². The van der Waals surface area contributed by atoms with Crippen LogP contribution in [0.15, 0.2) is 42.5 Å². The maximum Gasteiger partial charge on any atom is 0.242 e. The van der Waals surface area contributed by atoms with E-state index in [1.54, 1.807) is 44.2 Å². The summed E-state index contributed by atoms with van der Waals surface area (Å²) in [6, 6.07) is 10.7. The number of halogens is 1. The number of hydrogen-bond donors (Lipinski definition) is 1. The van der Waals surface area contributed by atoms with Crippen LogP contribution >= 0.6 is 0 Å². The van der Waals surface area contributed by atoms with Gasteiger partial charge in [-0.3, -0.25) is 13.9 Å². The second-order valence-electron chi connectivity index (χ2n) is 8.39. The molecular formula is C25H34FN3O4S. The number of amides is 2. The third-order valence-corrected chi connectivity index (χ3v) is 6.94. The Hall–Kier alpha value is -2.94. The molecule has 0 aliphatic rings. The first kappa shape index (κ1) is 27.3.